The molecule has 4 rings (SSSR count). The Labute approximate surface area is 195 Å². The van der Waals surface area contributed by atoms with Crippen molar-refractivity contribution in [2.75, 3.05) is 26.2 Å². The summed E-state index contributed by atoms with van der Waals surface area (Å²) in [5, 5.41) is 2.96. The molecule has 1 saturated heterocycles. The van der Waals surface area contributed by atoms with E-state index in [1.54, 1.807) is 6.92 Å². The van der Waals surface area contributed by atoms with Gasteiger partial charge >= 0.3 is 6.18 Å². The molecule has 1 N–H and O–H groups in total. The molecule has 0 bridgehead atoms. The molecule has 0 aromatic heterocycles. The number of amides is 1. The highest BCUT2D eigenvalue weighted by Gasteiger charge is 2.37. The molecule has 2 aromatic rings. The van der Waals surface area contributed by atoms with Crippen molar-refractivity contribution >= 4 is 17.5 Å². The first-order valence-electron chi connectivity index (χ1n) is 10.6. The van der Waals surface area contributed by atoms with E-state index in [0.29, 0.717) is 31.8 Å². The number of benzene rings is 2. The molecule has 1 amide bonds. The van der Waals surface area contributed by atoms with E-state index in [4.69, 9.17) is 21.1 Å². The van der Waals surface area contributed by atoms with Crippen LogP contribution in [0.5, 0.6) is 0 Å². The van der Waals surface area contributed by atoms with Crippen molar-refractivity contribution in [2.24, 2.45) is 0 Å². The number of carbonyl (C=O) groups is 1. The number of nitrogens with one attached hydrogen (secondary N) is 1. The number of alkyl halides is 3. The van der Waals surface area contributed by atoms with Crippen molar-refractivity contribution in [1.29, 1.82) is 0 Å². The molecule has 0 unspecified atom stereocenters. The molecule has 2 aliphatic rings. The molecule has 1 fully saturated rings. The molecule has 0 saturated carbocycles. The van der Waals surface area contributed by atoms with Crippen LogP contribution in [0, 0.1) is 0 Å². The Morgan fingerprint density at radius 1 is 1.24 bits per heavy atom. The lowest BCUT2D eigenvalue weighted by molar-refractivity contribution is -0.228. The van der Waals surface area contributed by atoms with E-state index in [1.807, 2.05) is 36.4 Å². The fourth-order valence-corrected chi connectivity index (χ4v) is 4.40. The quantitative estimate of drug-likeness (QED) is 0.639. The summed E-state index contributed by atoms with van der Waals surface area (Å²) in [7, 11) is 0. The van der Waals surface area contributed by atoms with Crippen LogP contribution in [0.1, 0.15) is 35.8 Å². The highest BCUT2D eigenvalue weighted by atomic mass is 35.5. The summed E-state index contributed by atoms with van der Waals surface area (Å²) in [5.41, 5.74) is 1.04. The standard InChI is InChI=1S/C24H24ClF3N2O3/c1-15(19-13-18(24(26,27)28)7-8-20(19)25)33-23-21(16-5-3-2-4-6-16)30(11-12-32-23)14-17-9-10-29-22(17)31/h2-9,13,15,21,23H,10-12,14H2,1H3,(H,29,31)/t15-,21+,23-/m1/s1. The number of halogens is 4. The van der Waals surface area contributed by atoms with Gasteiger partial charge in [0.15, 0.2) is 6.29 Å². The van der Waals surface area contributed by atoms with Gasteiger partial charge in [-0.2, -0.15) is 13.2 Å². The zero-order chi connectivity index (χ0) is 23.6. The van der Waals surface area contributed by atoms with Gasteiger partial charge in [-0.1, -0.05) is 48.0 Å². The predicted molar refractivity (Wildman–Crippen MR) is 118 cm³/mol. The third kappa shape index (κ3) is 5.41. The monoisotopic (exact) mass is 480 g/mol. The lowest BCUT2D eigenvalue weighted by atomic mass is 10.0. The third-order valence-corrected chi connectivity index (χ3v) is 6.17. The summed E-state index contributed by atoms with van der Waals surface area (Å²) in [5.74, 6) is -0.102. The maximum Gasteiger partial charge on any atom is 0.416 e. The molecule has 0 aliphatic carbocycles. The Kier molecular flexibility index (Phi) is 7.09. The maximum absolute atomic E-state index is 13.2. The number of ether oxygens (including phenoxy) is 2. The number of nitrogens with zero attached hydrogens (tertiary/aromatic N) is 1. The average Bonchev–Trinajstić information content (AvgIpc) is 3.18. The van der Waals surface area contributed by atoms with Gasteiger partial charge in [0.2, 0.25) is 5.91 Å². The van der Waals surface area contributed by atoms with Crippen LogP contribution < -0.4 is 5.32 Å². The summed E-state index contributed by atoms with van der Waals surface area (Å²) in [6.07, 6.45) is -4.16. The van der Waals surface area contributed by atoms with Crippen LogP contribution in [-0.2, 0) is 20.4 Å². The number of hydrogen-bond donors (Lipinski definition) is 1. The molecule has 2 aromatic carbocycles. The number of carbonyl (C=O) groups excluding carboxylic acids is 1. The number of hydrogen-bond acceptors (Lipinski definition) is 4. The van der Waals surface area contributed by atoms with Crippen molar-refractivity contribution < 1.29 is 27.4 Å². The molecule has 0 radical (unpaired) electrons. The zero-order valence-corrected chi connectivity index (χ0v) is 18.7. The van der Waals surface area contributed by atoms with Crippen molar-refractivity contribution in [3.63, 3.8) is 0 Å². The minimum atomic E-state index is -4.49. The number of morpholine rings is 1. The summed E-state index contributed by atoms with van der Waals surface area (Å²) in [6, 6.07) is 12.4. The van der Waals surface area contributed by atoms with Gasteiger partial charge in [0, 0.05) is 30.2 Å². The van der Waals surface area contributed by atoms with Gasteiger partial charge in [0.1, 0.15) is 0 Å². The van der Waals surface area contributed by atoms with Crippen LogP contribution in [0.2, 0.25) is 5.02 Å². The van der Waals surface area contributed by atoms with Gasteiger partial charge in [-0.25, -0.2) is 0 Å². The first-order chi connectivity index (χ1) is 15.7. The Bertz CT molecular complexity index is 1030. The van der Waals surface area contributed by atoms with Crippen molar-refractivity contribution in [3.8, 4) is 0 Å². The first kappa shape index (κ1) is 23.8. The predicted octanol–water partition coefficient (Wildman–Crippen LogP) is 4.89. The van der Waals surface area contributed by atoms with Crippen molar-refractivity contribution in [2.45, 2.75) is 31.5 Å². The molecule has 33 heavy (non-hydrogen) atoms. The summed E-state index contributed by atoms with van der Waals surface area (Å²) >= 11 is 6.22. The van der Waals surface area contributed by atoms with Crippen LogP contribution >= 0.6 is 11.6 Å². The third-order valence-electron chi connectivity index (χ3n) is 5.83. The largest absolute Gasteiger partial charge is 0.416 e. The Hall–Kier alpha value is -2.39. The molecular formula is C24H24ClF3N2O3. The minimum Gasteiger partial charge on any atom is -0.349 e. The molecule has 0 spiro atoms. The van der Waals surface area contributed by atoms with Gasteiger partial charge in [-0.15, -0.1) is 0 Å². The fraction of sp³-hybridized carbons (Fsp3) is 0.375. The molecular weight excluding hydrogens is 457 g/mol. The normalized spacial score (nSPS) is 22.7. The molecule has 9 heteroatoms. The summed E-state index contributed by atoms with van der Waals surface area (Å²) in [4.78, 5) is 14.2. The number of rotatable bonds is 6. The highest BCUT2D eigenvalue weighted by Crippen LogP contribution is 2.38. The molecule has 176 valence electrons. The highest BCUT2D eigenvalue weighted by molar-refractivity contribution is 6.31. The maximum atomic E-state index is 13.2. The van der Waals surface area contributed by atoms with Gasteiger partial charge < -0.3 is 14.8 Å². The van der Waals surface area contributed by atoms with Crippen LogP contribution in [0.25, 0.3) is 0 Å². The van der Waals surface area contributed by atoms with E-state index in [0.717, 1.165) is 17.7 Å². The van der Waals surface area contributed by atoms with Gasteiger partial charge in [-0.05, 0) is 36.2 Å². The van der Waals surface area contributed by atoms with Crippen LogP contribution in [0.15, 0.2) is 60.2 Å². The zero-order valence-electron chi connectivity index (χ0n) is 17.9. The average molecular weight is 481 g/mol. The van der Waals surface area contributed by atoms with Crippen LogP contribution in [0.3, 0.4) is 0 Å². The van der Waals surface area contributed by atoms with Crippen LogP contribution in [-0.4, -0.2) is 43.3 Å². The molecule has 2 heterocycles. The smallest absolute Gasteiger partial charge is 0.349 e. The van der Waals surface area contributed by atoms with Crippen molar-refractivity contribution in [1.82, 2.24) is 10.2 Å². The summed E-state index contributed by atoms with van der Waals surface area (Å²) < 4.78 is 51.8. The topological polar surface area (TPSA) is 50.8 Å². The van der Waals surface area contributed by atoms with Gasteiger partial charge in [-0.3, -0.25) is 9.69 Å². The van der Waals surface area contributed by atoms with E-state index in [9.17, 15) is 18.0 Å². The van der Waals surface area contributed by atoms with E-state index in [2.05, 4.69) is 10.2 Å². The van der Waals surface area contributed by atoms with E-state index < -0.39 is 24.1 Å². The Morgan fingerprint density at radius 3 is 2.67 bits per heavy atom. The molecule has 5 nitrogen and oxygen atoms in total. The van der Waals surface area contributed by atoms with Crippen molar-refractivity contribution in [3.05, 3.63) is 81.9 Å². The van der Waals surface area contributed by atoms with Crippen LogP contribution in [0.4, 0.5) is 13.2 Å². The minimum absolute atomic E-state index is 0.102. The fourth-order valence-electron chi connectivity index (χ4n) is 4.13. The lowest BCUT2D eigenvalue weighted by Gasteiger charge is -2.42. The van der Waals surface area contributed by atoms with E-state index in [1.165, 1.54) is 6.07 Å². The Morgan fingerprint density at radius 2 is 2.00 bits per heavy atom. The first-order valence-corrected chi connectivity index (χ1v) is 11.0. The second-order valence-electron chi connectivity index (χ2n) is 8.02. The lowest BCUT2D eigenvalue weighted by Crippen LogP contribution is -2.47. The summed E-state index contributed by atoms with van der Waals surface area (Å²) in [6.45, 7) is 3.49. The van der Waals surface area contributed by atoms with Gasteiger partial charge in [0.25, 0.3) is 0 Å². The second-order valence-corrected chi connectivity index (χ2v) is 8.42. The van der Waals surface area contributed by atoms with Gasteiger partial charge in [0.05, 0.1) is 24.3 Å². The SMILES string of the molecule is C[C@@H](O[C@H]1OCCN(CC2=CCNC2=O)[C@H]1c1ccccc1)c1cc(C(F)(F)F)ccc1Cl. The molecule has 2 aliphatic heterocycles. The Balaban J connectivity index is 1.60. The van der Waals surface area contributed by atoms with E-state index in [-0.39, 0.29) is 22.5 Å². The van der Waals surface area contributed by atoms with E-state index >= 15 is 0 Å². The second kappa shape index (κ2) is 9.85. The molecule has 3 atom stereocenters.